The maximum Gasteiger partial charge on any atom is 0.417 e. The number of anilines is 1. The highest BCUT2D eigenvalue weighted by molar-refractivity contribution is 5.94. The summed E-state index contributed by atoms with van der Waals surface area (Å²) in [7, 11) is 0. The first-order valence-corrected chi connectivity index (χ1v) is 8.67. The van der Waals surface area contributed by atoms with Crippen LogP contribution < -0.4 is 16.2 Å². The fraction of sp³-hybridized carbons (Fsp3) is 0.316. The SMILES string of the molecule is CC(NC(=O)c1cc(C(F)(F)F)c[nH]c1=O)c1ccc(NC(=O)C2CC2)cc1. The van der Waals surface area contributed by atoms with Crippen LogP contribution in [0.2, 0.25) is 0 Å². The minimum absolute atomic E-state index is 0.0297. The van der Waals surface area contributed by atoms with Gasteiger partial charge in [0.05, 0.1) is 11.6 Å². The molecule has 0 radical (unpaired) electrons. The van der Waals surface area contributed by atoms with Gasteiger partial charge in [-0.2, -0.15) is 13.2 Å². The third-order valence-electron chi connectivity index (χ3n) is 4.45. The van der Waals surface area contributed by atoms with E-state index in [1.54, 1.807) is 31.2 Å². The minimum Gasteiger partial charge on any atom is -0.345 e. The Bertz CT molecular complexity index is 947. The highest BCUT2D eigenvalue weighted by atomic mass is 19.4. The molecule has 2 aromatic rings. The minimum atomic E-state index is -4.68. The van der Waals surface area contributed by atoms with Gasteiger partial charge in [0.1, 0.15) is 5.56 Å². The lowest BCUT2D eigenvalue weighted by Gasteiger charge is -2.15. The van der Waals surface area contributed by atoms with Crippen molar-refractivity contribution in [3.63, 3.8) is 0 Å². The second-order valence-electron chi connectivity index (χ2n) is 6.71. The summed E-state index contributed by atoms with van der Waals surface area (Å²) in [4.78, 5) is 37.7. The zero-order valence-electron chi connectivity index (χ0n) is 14.9. The van der Waals surface area contributed by atoms with Crippen LogP contribution in [0.3, 0.4) is 0 Å². The number of carbonyl (C=O) groups excluding carboxylic acids is 2. The number of hydrogen-bond donors (Lipinski definition) is 3. The number of pyridine rings is 1. The molecule has 148 valence electrons. The maximum atomic E-state index is 12.8. The molecule has 1 aromatic carbocycles. The number of alkyl halides is 3. The topological polar surface area (TPSA) is 91.1 Å². The van der Waals surface area contributed by atoms with Crippen molar-refractivity contribution in [2.24, 2.45) is 5.92 Å². The summed E-state index contributed by atoms with van der Waals surface area (Å²) in [5.41, 5.74) is -1.35. The van der Waals surface area contributed by atoms with Gasteiger partial charge < -0.3 is 15.6 Å². The Kier molecular flexibility index (Phi) is 5.26. The number of H-pyrrole nitrogens is 1. The Hall–Kier alpha value is -3.10. The number of carbonyl (C=O) groups is 2. The Morgan fingerprint density at radius 1 is 1.18 bits per heavy atom. The van der Waals surface area contributed by atoms with E-state index in [1.807, 2.05) is 4.98 Å². The Balaban J connectivity index is 1.68. The van der Waals surface area contributed by atoms with Crippen LogP contribution in [0.5, 0.6) is 0 Å². The van der Waals surface area contributed by atoms with Gasteiger partial charge in [-0.25, -0.2) is 0 Å². The Labute approximate surface area is 158 Å². The molecular weight excluding hydrogens is 375 g/mol. The van der Waals surface area contributed by atoms with Gasteiger partial charge in [-0.05, 0) is 43.5 Å². The summed E-state index contributed by atoms with van der Waals surface area (Å²) in [5, 5.41) is 5.29. The standard InChI is InChI=1S/C19H18F3N3O3/c1-10(11-4-6-14(7-5-11)25-16(26)12-2-3-12)24-18(28)15-8-13(19(20,21)22)9-23-17(15)27/h4-10,12H,2-3H2,1H3,(H,23,27)(H,24,28)(H,25,26). The van der Waals surface area contributed by atoms with Gasteiger partial charge in [-0.15, -0.1) is 0 Å². The monoisotopic (exact) mass is 393 g/mol. The van der Waals surface area contributed by atoms with Gasteiger partial charge >= 0.3 is 6.18 Å². The summed E-state index contributed by atoms with van der Waals surface area (Å²) in [6.07, 6.45) is -2.37. The van der Waals surface area contributed by atoms with Crippen LogP contribution in [0.4, 0.5) is 18.9 Å². The second kappa shape index (κ2) is 7.49. The molecule has 1 aliphatic carbocycles. The number of benzene rings is 1. The lowest BCUT2D eigenvalue weighted by Crippen LogP contribution is -2.32. The lowest BCUT2D eigenvalue weighted by molar-refractivity contribution is -0.137. The molecule has 2 amide bonds. The van der Waals surface area contributed by atoms with E-state index in [4.69, 9.17) is 0 Å². The van der Waals surface area contributed by atoms with Crippen molar-refractivity contribution < 1.29 is 22.8 Å². The van der Waals surface area contributed by atoms with Gasteiger partial charge in [0.25, 0.3) is 11.5 Å². The highest BCUT2D eigenvalue weighted by Gasteiger charge is 2.32. The van der Waals surface area contributed by atoms with E-state index < -0.39 is 34.8 Å². The summed E-state index contributed by atoms with van der Waals surface area (Å²) < 4.78 is 38.4. The molecule has 1 aromatic heterocycles. The van der Waals surface area contributed by atoms with Gasteiger partial charge in [0.15, 0.2) is 0 Å². The second-order valence-corrected chi connectivity index (χ2v) is 6.71. The molecule has 1 saturated carbocycles. The number of hydrogen-bond acceptors (Lipinski definition) is 3. The average molecular weight is 393 g/mol. The molecule has 3 N–H and O–H groups in total. The third-order valence-corrected chi connectivity index (χ3v) is 4.45. The van der Waals surface area contributed by atoms with Crippen molar-refractivity contribution in [3.05, 3.63) is 63.6 Å². The summed E-state index contributed by atoms with van der Waals surface area (Å²) >= 11 is 0. The Morgan fingerprint density at radius 3 is 2.39 bits per heavy atom. The van der Waals surface area contributed by atoms with Crippen molar-refractivity contribution in [2.75, 3.05) is 5.32 Å². The molecule has 1 atom stereocenters. The molecule has 28 heavy (non-hydrogen) atoms. The van der Waals surface area contributed by atoms with Crippen molar-refractivity contribution in [1.29, 1.82) is 0 Å². The fourth-order valence-corrected chi connectivity index (χ4v) is 2.62. The van der Waals surface area contributed by atoms with E-state index in [0.717, 1.165) is 12.8 Å². The fourth-order valence-electron chi connectivity index (χ4n) is 2.62. The summed E-state index contributed by atoms with van der Waals surface area (Å²) in [6, 6.07) is 6.69. The number of aromatic amines is 1. The van der Waals surface area contributed by atoms with Crippen molar-refractivity contribution >= 4 is 17.5 Å². The maximum absolute atomic E-state index is 12.8. The van der Waals surface area contributed by atoms with Crippen LogP contribution in [0, 0.1) is 5.92 Å². The molecule has 0 bridgehead atoms. The van der Waals surface area contributed by atoms with Gasteiger partial charge in [0.2, 0.25) is 5.91 Å². The van der Waals surface area contributed by atoms with E-state index >= 15 is 0 Å². The lowest BCUT2D eigenvalue weighted by atomic mass is 10.1. The molecule has 0 spiro atoms. The van der Waals surface area contributed by atoms with E-state index in [9.17, 15) is 27.6 Å². The Morgan fingerprint density at radius 2 is 1.82 bits per heavy atom. The van der Waals surface area contributed by atoms with Crippen molar-refractivity contribution in [1.82, 2.24) is 10.3 Å². The smallest absolute Gasteiger partial charge is 0.345 e. The van der Waals surface area contributed by atoms with E-state index in [1.165, 1.54) is 0 Å². The van der Waals surface area contributed by atoms with Crippen LogP contribution in [-0.4, -0.2) is 16.8 Å². The van der Waals surface area contributed by atoms with Crippen LogP contribution in [0.15, 0.2) is 41.3 Å². The average Bonchev–Trinajstić information content (AvgIpc) is 3.46. The summed E-state index contributed by atoms with van der Waals surface area (Å²) in [6.45, 7) is 1.64. The molecule has 1 unspecified atom stereocenters. The first-order chi connectivity index (χ1) is 13.1. The molecule has 9 heteroatoms. The number of rotatable bonds is 5. The molecular formula is C19H18F3N3O3. The number of aromatic nitrogens is 1. The predicted molar refractivity (Wildman–Crippen MR) is 95.7 cm³/mol. The number of halogens is 3. The molecule has 6 nitrogen and oxygen atoms in total. The quantitative estimate of drug-likeness (QED) is 0.728. The largest absolute Gasteiger partial charge is 0.417 e. The van der Waals surface area contributed by atoms with Crippen LogP contribution in [-0.2, 0) is 11.0 Å². The van der Waals surface area contributed by atoms with Crippen LogP contribution in [0.25, 0.3) is 0 Å². The molecule has 1 fully saturated rings. The number of amides is 2. The van der Waals surface area contributed by atoms with Gasteiger partial charge in [0, 0.05) is 17.8 Å². The van der Waals surface area contributed by atoms with E-state index in [0.29, 0.717) is 23.5 Å². The predicted octanol–water partition coefficient (Wildman–Crippen LogP) is 3.23. The zero-order chi connectivity index (χ0) is 20.5. The van der Waals surface area contributed by atoms with Gasteiger partial charge in [-0.3, -0.25) is 14.4 Å². The molecule has 0 aliphatic heterocycles. The van der Waals surface area contributed by atoms with Crippen molar-refractivity contribution in [3.8, 4) is 0 Å². The molecule has 3 rings (SSSR count). The zero-order valence-corrected chi connectivity index (χ0v) is 14.9. The molecule has 1 heterocycles. The summed E-state index contributed by atoms with van der Waals surface area (Å²) in [5.74, 6) is -0.868. The van der Waals surface area contributed by atoms with Crippen molar-refractivity contribution in [2.45, 2.75) is 32.0 Å². The number of nitrogens with one attached hydrogen (secondary N) is 3. The van der Waals surface area contributed by atoms with E-state index in [-0.39, 0.29) is 11.8 Å². The molecule has 0 saturated heterocycles. The third kappa shape index (κ3) is 4.59. The van der Waals surface area contributed by atoms with Gasteiger partial charge in [-0.1, -0.05) is 12.1 Å². The van der Waals surface area contributed by atoms with Crippen LogP contribution >= 0.6 is 0 Å². The first kappa shape index (κ1) is 19.7. The highest BCUT2D eigenvalue weighted by Crippen LogP contribution is 2.30. The van der Waals surface area contributed by atoms with E-state index in [2.05, 4.69) is 10.6 Å². The van der Waals surface area contributed by atoms with Crippen LogP contribution in [0.1, 0.15) is 47.3 Å². The normalized spacial score (nSPS) is 15.0. The first-order valence-electron chi connectivity index (χ1n) is 8.67. The molecule has 1 aliphatic rings.